The summed E-state index contributed by atoms with van der Waals surface area (Å²) in [5.74, 6) is -0.522. The Bertz CT molecular complexity index is 1280. The summed E-state index contributed by atoms with van der Waals surface area (Å²) < 4.78 is 3.61. The molecule has 0 unspecified atom stereocenters. The second-order valence-electron chi connectivity index (χ2n) is 6.00. The van der Waals surface area contributed by atoms with E-state index in [0.717, 1.165) is 22.1 Å². The maximum Gasteiger partial charge on any atom is 0.169 e. The van der Waals surface area contributed by atoms with Gasteiger partial charge in [0.1, 0.15) is 27.8 Å². The van der Waals surface area contributed by atoms with Crippen LogP contribution in [0.1, 0.15) is 0 Å². The Kier molecular flexibility index (Phi) is 3.04. The van der Waals surface area contributed by atoms with E-state index in [-0.39, 0.29) is 22.9 Å². The van der Waals surface area contributed by atoms with Crippen molar-refractivity contribution in [2.45, 2.75) is 0 Å². The van der Waals surface area contributed by atoms with E-state index in [1.807, 2.05) is 48.5 Å². The van der Waals surface area contributed by atoms with Crippen LogP contribution in [0.25, 0.3) is 27.8 Å². The lowest BCUT2D eigenvalue weighted by Crippen LogP contribution is -1.87. The molecule has 27 heavy (non-hydrogen) atoms. The van der Waals surface area contributed by atoms with Crippen molar-refractivity contribution in [1.82, 2.24) is 29.5 Å². The number of nitrogens with one attached hydrogen (secondary N) is 1. The number of nitrogens with zero attached hydrogens (tertiary/aromatic N) is 5. The number of phenols is 3. The van der Waals surface area contributed by atoms with Crippen molar-refractivity contribution in [1.29, 1.82) is 0 Å². The number of aromatic amines is 1. The van der Waals surface area contributed by atoms with Crippen LogP contribution in [-0.2, 0) is 0 Å². The van der Waals surface area contributed by atoms with Crippen molar-refractivity contribution >= 4 is 22.1 Å². The van der Waals surface area contributed by atoms with Crippen molar-refractivity contribution in [3.05, 3.63) is 60.7 Å². The van der Waals surface area contributed by atoms with Gasteiger partial charge in [0, 0.05) is 12.1 Å². The van der Waals surface area contributed by atoms with E-state index in [1.165, 1.54) is 12.1 Å². The smallest absolute Gasteiger partial charge is 0.169 e. The number of para-hydroxylation sites is 4. The molecule has 0 saturated heterocycles. The van der Waals surface area contributed by atoms with E-state index in [9.17, 15) is 15.3 Å². The van der Waals surface area contributed by atoms with Crippen LogP contribution in [0.2, 0.25) is 0 Å². The number of H-pyrrole nitrogens is 1. The summed E-state index contributed by atoms with van der Waals surface area (Å²) in [7, 11) is 0. The Morgan fingerprint density at radius 3 is 1.70 bits per heavy atom. The second kappa shape index (κ2) is 5.43. The lowest BCUT2D eigenvalue weighted by atomic mass is 10.2. The molecule has 134 valence electrons. The van der Waals surface area contributed by atoms with Crippen molar-refractivity contribution in [3.63, 3.8) is 0 Å². The average molecular weight is 362 g/mol. The molecule has 0 fully saturated rings. The fourth-order valence-electron chi connectivity index (χ4n) is 3.06. The predicted molar refractivity (Wildman–Crippen MR) is 97.7 cm³/mol. The van der Waals surface area contributed by atoms with Crippen LogP contribution in [0.4, 0.5) is 0 Å². The highest BCUT2D eigenvalue weighted by atomic mass is 16.3. The highest BCUT2D eigenvalue weighted by Gasteiger charge is 2.27. The van der Waals surface area contributed by atoms with Gasteiger partial charge in [-0.3, -0.25) is 0 Å². The highest BCUT2D eigenvalue weighted by molar-refractivity contribution is 5.80. The standard InChI is InChI=1S/C12H9N3O3.C6H5N3/c16-7-5-10(17)12(11(18)6-7)15-13-8-3-1-2-4-9(8)14(13)15;1-2-4-6-5(3-1)7-9-8-6/h1-6,16-18H;1-4H,(H,7,8,9). The molecule has 0 bridgehead atoms. The van der Waals surface area contributed by atoms with E-state index in [0.29, 0.717) is 0 Å². The van der Waals surface area contributed by atoms with Crippen molar-refractivity contribution in [3.8, 4) is 22.9 Å². The van der Waals surface area contributed by atoms with Crippen molar-refractivity contribution in [2.24, 2.45) is 0 Å². The Balaban J connectivity index is 0.000000149. The van der Waals surface area contributed by atoms with Gasteiger partial charge in [0.2, 0.25) is 0 Å². The zero-order valence-corrected chi connectivity index (χ0v) is 13.9. The van der Waals surface area contributed by atoms with Gasteiger partial charge < -0.3 is 15.3 Å². The Morgan fingerprint density at radius 2 is 1.19 bits per heavy atom. The van der Waals surface area contributed by atoms with Crippen molar-refractivity contribution in [2.75, 3.05) is 0 Å². The SMILES string of the molecule is Oc1cc(O)c(-n2n3c4ccccc4n23)c(O)c1.c1ccc2n[nH]nc2c1. The monoisotopic (exact) mass is 362 g/mol. The zero-order valence-electron chi connectivity index (χ0n) is 13.9. The molecule has 6 rings (SSSR count). The van der Waals surface area contributed by atoms with Gasteiger partial charge >= 0.3 is 0 Å². The number of phenolic OH excluding ortho intramolecular Hbond substituents is 3. The predicted octanol–water partition coefficient (Wildman–Crippen LogP) is 2.50. The molecule has 0 aliphatic rings. The first kappa shape index (κ1) is 15.1. The third-order valence-electron chi connectivity index (χ3n) is 4.30. The summed E-state index contributed by atoms with van der Waals surface area (Å²) in [6, 6.07) is 17.8. The average Bonchev–Trinajstić information content (AvgIpc) is 3.03. The molecule has 3 aromatic carbocycles. The fraction of sp³-hybridized carbons (Fsp3) is 0. The van der Waals surface area contributed by atoms with Crippen LogP contribution in [0.15, 0.2) is 60.7 Å². The van der Waals surface area contributed by atoms with Crippen LogP contribution in [0.3, 0.4) is 0 Å². The highest BCUT2D eigenvalue weighted by Crippen LogP contribution is 2.38. The summed E-state index contributed by atoms with van der Waals surface area (Å²) in [6.45, 7) is 0. The minimum absolute atomic E-state index is 0.173. The van der Waals surface area contributed by atoms with Crippen LogP contribution < -0.4 is 0 Å². The van der Waals surface area contributed by atoms with E-state index < -0.39 is 0 Å². The minimum atomic E-state index is -0.175. The van der Waals surface area contributed by atoms with Gasteiger partial charge in [0.15, 0.2) is 17.2 Å². The minimum Gasteiger partial charge on any atom is -0.508 e. The lowest BCUT2D eigenvalue weighted by Gasteiger charge is -2.02. The number of fused-ring (bicyclic) bond motifs is 5. The first-order valence-electron chi connectivity index (χ1n) is 8.15. The molecule has 0 aliphatic heterocycles. The maximum absolute atomic E-state index is 9.81. The molecule has 0 atom stereocenters. The van der Waals surface area contributed by atoms with E-state index in [4.69, 9.17) is 0 Å². The molecule has 3 heterocycles. The summed E-state index contributed by atoms with van der Waals surface area (Å²) in [4.78, 5) is 1.63. The van der Waals surface area contributed by atoms with Crippen LogP contribution >= 0.6 is 0 Å². The number of aromatic nitrogens is 6. The number of hydrogen-bond acceptors (Lipinski definition) is 5. The molecule has 4 N–H and O–H groups in total. The van der Waals surface area contributed by atoms with E-state index in [1.54, 1.807) is 14.1 Å². The number of hydrogen-bond donors (Lipinski definition) is 4. The topological polar surface area (TPSA) is 116 Å². The first-order valence-corrected chi connectivity index (χ1v) is 8.15. The Labute approximate surface area is 151 Å². The first-order chi connectivity index (χ1) is 13.1. The summed E-state index contributed by atoms with van der Waals surface area (Å²) in [5.41, 5.74) is 4.09. The number of aromatic hydroxyl groups is 3. The zero-order chi connectivity index (χ0) is 18.5. The van der Waals surface area contributed by atoms with Gasteiger partial charge in [-0.2, -0.15) is 15.4 Å². The van der Waals surface area contributed by atoms with Crippen LogP contribution in [0.5, 0.6) is 17.2 Å². The molecular formula is C18H14N6O3. The molecule has 9 heteroatoms. The fourth-order valence-corrected chi connectivity index (χ4v) is 3.06. The molecular weight excluding hydrogens is 348 g/mol. The summed E-state index contributed by atoms with van der Waals surface area (Å²) in [5, 5.41) is 39.2. The Morgan fingerprint density at radius 1 is 0.704 bits per heavy atom. The lowest BCUT2D eigenvalue weighted by molar-refractivity contribution is 0.424. The van der Waals surface area contributed by atoms with Crippen LogP contribution in [0, 0.1) is 0 Å². The van der Waals surface area contributed by atoms with Crippen LogP contribution in [-0.4, -0.2) is 44.8 Å². The Hall–Kier alpha value is -4.14. The normalized spacial score (nSPS) is 11.4. The maximum atomic E-state index is 9.81. The second-order valence-corrected chi connectivity index (χ2v) is 6.00. The van der Waals surface area contributed by atoms with Crippen molar-refractivity contribution < 1.29 is 15.3 Å². The van der Waals surface area contributed by atoms with Gasteiger partial charge in [0.25, 0.3) is 0 Å². The molecule has 6 aromatic rings. The largest absolute Gasteiger partial charge is 0.508 e. The molecule has 0 aliphatic carbocycles. The molecule has 0 saturated carbocycles. The molecule has 3 aromatic heterocycles. The van der Waals surface area contributed by atoms with Gasteiger partial charge in [0.05, 0.1) is 0 Å². The quantitative estimate of drug-likeness (QED) is 0.359. The van der Waals surface area contributed by atoms with E-state index >= 15 is 0 Å². The van der Waals surface area contributed by atoms with E-state index in [2.05, 4.69) is 15.4 Å². The summed E-state index contributed by atoms with van der Waals surface area (Å²) >= 11 is 0. The van der Waals surface area contributed by atoms with Gasteiger partial charge in [-0.15, -0.1) is 14.1 Å². The van der Waals surface area contributed by atoms with Gasteiger partial charge in [-0.25, -0.2) is 0 Å². The summed E-state index contributed by atoms with van der Waals surface area (Å²) in [6.07, 6.45) is 0. The number of benzene rings is 3. The number of rotatable bonds is 1. The molecule has 0 amide bonds. The third-order valence-corrected chi connectivity index (χ3v) is 4.30. The van der Waals surface area contributed by atoms with Gasteiger partial charge in [-0.1, -0.05) is 24.3 Å². The molecule has 0 radical (unpaired) electrons. The third kappa shape index (κ3) is 2.25. The molecule has 9 nitrogen and oxygen atoms in total. The molecule has 0 spiro atoms. The van der Waals surface area contributed by atoms with Gasteiger partial charge in [-0.05, 0) is 24.3 Å².